The van der Waals surface area contributed by atoms with Crippen molar-refractivity contribution < 1.29 is 13.2 Å². The monoisotopic (exact) mass is 396 g/mol. The van der Waals surface area contributed by atoms with Crippen LogP contribution in [0.5, 0.6) is 5.75 Å². The number of pyridine rings is 1. The number of hydrogen-bond acceptors (Lipinski definition) is 4. The summed E-state index contributed by atoms with van der Waals surface area (Å²) in [6.07, 6.45) is 5.00. The van der Waals surface area contributed by atoms with E-state index in [1.807, 2.05) is 30.5 Å². The summed E-state index contributed by atoms with van der Waals surface area (Å²) in [4.78, 5) is 4.26. The molecule has 1 fully saturated rings. The van der Waals surface area contributed by atoms with Crippen LogP contribution in [0.1, 0.15) is 19.8 Å². The summed E-state index contributed by atoms with van der Waals surface area (Å²) in [5, 5.41) is 2.06. The van der Waals surface area contributed by atoms with Crippen molar-refractivity contribution in [2.24, 2.45) is 0 Å². The van der Waals surface area contributed by atoms with Gasteiger partial charge < -0.3 is 4.74 Å². The zero-order valence-electron chi connectivity index (χ0n) is 15.9. The second-order valence-corrected chi connectivity index (χ2v) is 9.31. The van der Waals surface area contributed by atoms with Gasteiger partial charge in [0.05, 0.1) is 5.75 Å². The van der Waals surface area contributed by atoms with Crippen LogP contribution < -0.4 is 4.74 Å². The number of piperidine rings is 1. The molecule has 0 aliphatic carbocycles. The standard InChI is InChI=1S/C22H24N2O3S/c1-2-28(25,26)24-12-9-20(10-13-24)27-22-15-19(17-6-4-3-5-7-17)14-18-8-11-23-16-21(18)22/h3-8,11,14-16,20H,2,9-10,12-13H2,1H3. The predicted octanol–water partition coefficient (Wildman–Crippen LogP) is 4.09. The molecule has 0 N–H and O–H groups in total. The van der Waals surface area contributed by atoms with E-state index in [9.17, 15) is 8.42 Å². The van der Waals surface area contributed by atoms with E-state index in [0.717, 1.165) is 27.6 Å². The average molecular weight is 397 g/mol. The average Bonchev–Trinajstić information content (AvgIpc) is 2.74. The Kier molecular flexibility index (Phi) is 5.33. The number of ether oxygens (including phenoxy) is 1. The molecule has 0 unspecified atom stereocenters. The van der Waals surface area contributed by atoms with Gasteiger partial charge in [0.1, 0.15) is 11.9 Å². The van der Waals surface area contributed by atoms with Crippen LogP contribution in [0.3, 0.4) is 0 Å². The summed E-state index contributed by atoms with van der Waals surface area (Å²) >= 11 is 0. The van der Waals surface area contributed by atoms with Crippen molar-refractivity contribution in [3.05, 3.63) is 60.9 Å². The molecule has 1 aliphatic heterocycles. The minimum absolute atomic E-state index is 0.00210. The largest absolute Gasteiger partial charge is 0.490 e. The minimum Gasteiger partial charge on any atom is -0.490 e. The van der Waals surface area contributed by atoms with Gasteiger partial charge in [0.2, 0.25) is 10.0 Å². The summed E-state index contributed by atoms with van der Waals surface area (Å²) in [7, 11) is -3.13. The quantitative estimate of drug-likeness (QED) is 0.652. The lowest BCUT2D eigenvalue weighted by atomic mass is 10.0. The fraction of sp³-hybridized carbons (Fsp3) is 0.318. The number of nitrogens with zero attached hydrogens (tertiary/aromatic N) is 2. The van der Waals surface area contributed by atoms with Crippen LogP contribution in [0.4, 0.5) is 0 Å². The zero-order chi connectivity index (χ0) is 19.6. The number of rotatable bonds is 5. The Morgan fingerprint density at radius 2 is 1.82 bits per heavy atom. The molecular weight excluding hydrogens is 372 g/mol. The minimum atomic E-state index is -3.13. The summed E-state index contributed by atoms with van der Waals surface area (Å²) in [5.41, 5.74) is 2.23. The molecule has 0 atom stereocenters. The first-order valence-corrected chi connectivity index (χ1v) is 11.3. The second-order valence-electron chi connectivity index (χ2n) is 7.05. The van der Waals surface area contributed by atoms with Gasteiger partial charge in [-0.2, -0.15) is 0 Å². The van der Waals surface area contributed by atoms with E-state index in [2.05, 4.69) is 29.2 Å². The molecule has 2 heterocycles. The van der Waals surface area contributed by atoms with E-state index >= 15 is 0 Å². The van der Waals surface area contributed by atoms with E-state index in [0.29, 0.717) is 25.9 Å². The van der Waals surface area contributed by atoms with Crippen LogP contribution in [0.25, 0.3) is 21.9 Å². The lowest BCUT2D eigenvalue weighted by Gasteiger charge is -2.31. The van der Waals surface area contributed by atoms with Gasteiger partial charge >= 0.3 is 0 Å². The zero-order valence-corrected chi connectivity index (χ0v) is 16.7. The van der Waals surface area contributed by atoms with E-state index in [1.165, 1.54) is 0 Å². The Labute approximate surface area is 166 Å². The number of hydrogen-bond donors (Lipinski definition) is 0. The summed E-state index contributed by atoms with van der Waals surface area (Å²) in [6, 6.07) is 16.4. The maximum atomic E-state index is 12.1. The smallest absolute Gasteiger partial charge is 0.213 e. The molecule has 5 nitrogen and oxygen atoms in total. The van der Waals surface area contributed by atoms with Crippen molar-refractivity contribution in [3.8, 4) is 16.9 Å². The van der Waals surface area contributed by atoms with E-state index in [-0.39, 0.29) is 11.9 Å². The van der Waals surface area contributed by atoms with Crippen molar-refractivity contribution >= 4 is 20.8 Å². The van der Waals surface area contributed by atoms with Crippen molar-refractivity contribution in [1.29, 1.82) is 0 Å². The van der Waals surface area contributed by atoms with Gasteiger partial charge in [-0.3, -0.25) is 4.98 Å². The molecule has 1 aliphatic rings. The molecule has 0 saturated carbocycles. The lowest BCUT2D eigenvalue weighted by Crippen LogP contribution is -2.42. The van der Waals surface area contributed by atoms with Crippen LogP contribution in [0, 0.1) is 0 Å². The van der Waals surface area contributed by atoms with Crippen LogP contribution in [0.2, 0.25) is 0 Å². The summed E-state index contributed by atoms with van der Waals surface area (Å²) in [5.74, 6) is 0.953. The molecular formula is C22H24N2O3S. The fourth-order valence-electron chi connectivity index (χ4n) is 3.65. The van der Waals surface area contributed by atoms with Gasteiger partial charge in [0, 0.05) is 30.9 Å². The molecule has 4 rings (SSSR count). The van der Waals surface area contributed by atoms with E-state index in [4.69, 9.17) is 4.74 Å². The fourth-order valence-corrected chi connectivity index (χ4v) is 4.78. The van der Waals surface area contributed by atoms with Gasteiger partial charge in [-0.15, -0.1) is 0 Å². The topological polar surface area (TPSA) is 59.5 Å². The highest BCUT2D eigenvalue weighted by Crippen LogP contribution is 2.33. The number of sulfonamides is 1. The van der Waals surface area contributed by atoms with Crippen molar-refractivity contribution in [2.75, 3.05) is 18.8 Å². The van der Waals surface area contributed by atoms with Crippen LogP contribution >= 0.6 is 0 Å². The molecule has 1 aromatic heterocycles. The molecule has 0 spiro atoms. The number of benzene rings is 2. The van der Waals surface area contributed by atoms with Gasteiger partial charge in [0.15, 0.2) is 0 Å². The molecule has 1 saturated heterocycles. The molecule has 2 aromatic carbocycles. The number of fused-ring (bicyclic) bond motifs is 1. The molecule has 28 heavy (non-hydrogen) atoms. The summed E-state index contributed by atoms with van der Waals surface area (Å²) in [6.45, 7) is 2.71. The molecule has 3 aromatic rings. The Bertz CT molecular complexity index is 1060. The molecule has 0 bridgehead atoms. The Hall–Kier alpha value is -2.44. The highest BCUT2D eigenvalue weighted by Gasteiger charge is 2.28. The Balaban J connectivity index is 1.60. The normalized spacial score (nSPS) is 16.3. The summed E-state index contributed by atoms with van der Waals surface area (Å²) < 4.78 is 32.1. The maximum Gasteiger partial charge on any atom is 0.213 e. The third kappa shape index (κ3) is 3.88. The highest BCUT2D eigenvalue weighted by molar-refractivity contribution is 7.89. The first kappa shape index (κ1) is 18.9. The van der Waals surface area contributed by atoms with E-state index < -0.39 is 10.0 Å². The predicted molar refractivity (Wildman–Crippen MR) is 112 cm³/mol. The molecule has 146 valence electrons. The number of aromatic nitrogens is 1. The molecule has 0 amide bonds. The van der Waals surface area contributed by atoms with Gasteiger partial charge in [-0.25, -0.2) is 12.7 Å². The van der Waals surface area contributed by atoms with Crippen LogP contribution in [-0.4, -0.2) is 42.7 Å². The van der Waals surface area contributed by atoms with Crippen molar-refractivity contribution in [3.63, 3.8) is 0 Å². The third-order valence-corrected chi connectivity index (χ3v) is 7.16. The van der Waals surface area contributed by atoms with Crippen LogP contribution in [-0.2, 0) is 10.0 Å². The molecule has 6 heteroatoms. The first-order valence-electron chi connectivity index (χ1n) is 9.64. The highest BCUT2D eigenvalue weighted by atomic mass is 32.2. The second kappa shape index (κ2) is 7.89. The lowest BCUT2D eigenvalue weighted by molar-refractivity contribution is 0.137. The SMILES string of the molecule is CCS(=O)(=O)N1CCC(Oc2cc(-c3ccccc3)cc3ccncc23)CC1. The van der Waals surface area contributed by atoms with Gasteiger partial charge in [-0.05, 0) is 54.5 Å². The van der Waals surface area contributed by atoms with Gasteiger partial charge in [0.25, 0.3) is 0 Å². The Morgan fingerprint density at radius 3 is 2.54 bits per heavy atom. The van der Waals surface area contributed by atoms with Crippen molar-refractivity contribution in [1.82, 2.24) is 9.29 Å². The van der Waals surface area contributed by atoms with Crippen LogP contribution in [0.15, 0.2) is 60.9 Å². The molecule has 0 radical (unpaired) electrons. The Morgan fingerprint density at radius 1 is 1.07 bits per heavy atom. The van der Waals surface area contributed by atoms with E-state index in [1.54, 1.807) is 17.4 Å². The van der Waals surface area contributed by atoms with Crippen molar-refractivity contribution in [2.45, 2.75) is 25.9 Å². The van der Waals surface area contributed by atoms with Gasteiger partial charge in [-0.1, -0.05) is 30.3 Å². The maximum absolute atomic E-state index is 12.1. The first-order chi connectivity index (χ1) is 13.6. The third-order valence-electron chi connectivity index (χ3n) is 5.28.